The molecule has 6 nitrogen and oxygen atoms in total. The Balaban J connectivity index is 1.66. The van der Waals surface area contributed by atoms with Crippen LogP contribution in [0.25, 0.3) is 0 Å². The molecule has 0 aliphatic carbocycles. The van der Waals surface area contributed by atoms with E-state index in [1.165, 1.54) is 13.3 Å². The summed E-state index contributed by atoms with van der Waals surface area (Å²) in [6, 6.07) is 13.3. The van der Waals surface area contributed by atoms with Gasteiger partial charge in [0.1, 0.15) is 17.1 Å². The van der Waals surface area contributed by atoms with E-state index in [2.05, 4.69) is 15.7 Å². The normalized spacial score (nSPS) is 18.9. The highest BCUT2D eigenvalue weighted by molar-refractivity contribution is 5.99. The Morgan fingerprint density at radius 3 is 2.66 bits per heavy atom. The fourth-order valence-electron chi connectivity index (χ4n) is 3.91. The van der Waals surface area contributed by atoms with Gasteiger partial charge in [-0.25, -0.2) is 4.68 Å². The van der Waals surface area contributed by atoms with Crippen LogP contribution in [0.15, 0.2) is 60.8 Å². The summed E-state index contributed by atoms with van der Waals surface area (Å²) in [6.07, 6.45) is -3.60. The third-order valence-electron chi connectivity index (χ3n) is 5.63. The number of anilines is 1. The number of benzene rings is 2. The van der Waals surface area contributed by atoms with E-state index in [1.807, 2.05) is 37.3 Å². The predicted octanol–water partition coefficient (Wildman–Crippen LogP) is 5.04. The number of methoxy groups -OCH3 is 1. The number of carbonyl (C=O) groups excluding carboxylic acids is 1. The van der Waals surface area contributed by atoms with Crippen LogP contribution < -0.4 is 15.4 Å². The number of ether oxygens (including phenoxy) is 1. The number of halogens is 3. The van der Waals surface area contributed by atoms with Crippen molar-refractivity contribution in [3.05, 3.63) is 77.5 Å². The minimum Gasteiger partial charge on any atom is -0.497 e. The van der Waals surface area contributed by atoms with Crippen LogP contribution in [0.5, 0.6) is 5.75 Å². The van der Waals surface area contributed by atoms with Crippen LogP contribution in [0.2, 0.25) is 0 Å². The van der Waals surface area contributed by atoms with E-state index in [0.29, 0.717) is 11.3 Å². The van der Waals surface area contributed by atoms with E-state index in [9.17, 15) is 18.0 Å². The van der Waals surface area contributed by atoms with Crippen molar-refractivity contribution in [2.24, 2.45) is 0 Å². The Morgan fingerprint density at radius 1 is 1.22 bits per heavy atom. The molecule has 0 fully saturated rings. The second-order valence-electron chi connectivity index (χ2n) is 7.72. The second kappa shape index (κ2) is 8.57. The molecular weight excluding hydrogens is 421 g/mol. The summed E-state index contributed by atoms with van der Waals surface area (Å²) in [5, 5.41) is 9.85. The smallest absolute Gasteiger partial charge is 0.410 e. The first kappa shape index (κ1) is 21.7. The molecule has 2 aromatic carbocycles. The average Bonchev–Trinajstić information content (AvgIpc) is 3.22. The predicted molar refractivity (Wildman–Crippen MR) is 114 cm³/mol. The van der Waals surface area contributed by atoms with Gasteiger partial charge < -0.3 is 15.4 Å². The number of amides is 1. The van der Waals surface area contributed by atoms with Crippen LogP contribution in [0, 0.1) is 0 Å². The molecule has 3 atom stereocenters. The zero-order valence-electron chi connectivity index (χ0n) is 17.6. The maximum Gasteiger partial charge on any atom is 0.410 e. The Kier molecular flexibility index (Phi) is 5.82. The number of carbonyl (C=O) groups is 1. The summed E-state index contributed by atoms with van der Waals surface area (Å²) in [4.78, 5) is 13.0. The topological polar surface area (TPSA) is 68.2 Å². The molecule has 1 aliphatic heterocycles. The van der Waals surface area contributed by atoms with Gasteiger partial charge in [-0.1, -0.05) is 42.5 Å². The molecule has 3 aromatic rings. The van der Waals surface area contributed by atoms with Crippen molar-refractivity contribution in [1.82, 2.24) is 15.1 Å². The number of hydrogen-bond donors (Lipinski definition) is 2. The molecular formula is C23H23F3N4O2. The molecule has 0 bridgehead atoms. The average molecular weight is 444 g/mol. The highest BCUT2D eigenvalue weighted by atomic mass is 19.4. The molecule has 1 amide bonds. The first-order valence-electron chi connectivity index (χ1n) is 10.2. The van der Waals surface area contributed by atoms with Gasteiger partial charge in [-0.05, 0) is 30.2 Å². The Labute approximate surface area is 183 Å². The number of alkyl halides is 3. The van der Waals surface area contributed by atoms with Crippen molar-refractivity contribution < 1.29 is 22.7 Å². The van der Waals surface area contributed by atoms with Crippen molar-refractivity contribution in [3.8, 4) is 5.75 Å². The van der Waals surface area contributed by atoms with Crippen molar-refractivity contribution in [3.63, 3.8) is 0 Å². The number of aromatic nitrogens is 2. The van der Waals surface area contributed by atoms with Crippen LogP contribution in [0.1, 0.15) is 53.0 Å². The van der Waals surface area contributed by atoms with Crippen molar-refractivity contribution >= 4 is 11.7 Å². The first-order chi connectivity index (χ1) is 15.3. The molecule has 0 saturated heterocycles. The van der Waals surface area contributed by atoms with E-state index < -0.39 is 24.2 Å². The fourth-order valence-corrected chi connectivity index (χ4v) is 3.91. The number of rotatable bonds is 5. The van der Waals surface area contributed by atoms with E-state index in [1.54, 1.807) is 24.3 Å². The highest BCUT2D eigenvalue weighted by Crippen LogP contribution is 2.44. The molecule has 4 rings (SSSR count). The molecule has 1 aromatic heterocycles. The van der Waals surface area contributed by atoms with Gasteiger partial charge in [0.2, 0.25) is 0 Å². The van der Waals surface area contributed by atoms with Gasteiger partial charge >= 0.3 is 6.18 Å². The van der Waals surface area contributed by atoms with Crippen LogP contribution in [0.3, 0.4) is 0 Å². The van der Waals surface area contributed by atoms with E-state index >= 15 is 0 Å². The largest absolute Gasteiger partial charge is 0.497 e. The molecule has 1 aliphatic rings. The lowest BCUT2D eigenvalue weighted by Crippen LogP contribution is -2.36. The monoisotopic (exact) mass is 444 g/mol. The lowest BCUT2D eigenvalue weighted by molar-refractivity contribution is -0.173. The second-order valence-corrected chi connectivity index (χ2v) is 7.72. The maximum absolute atomic E-state index is 13.9. The Bertz CT molecular complexity index is 1100. The molecule has 0 radical (unpaired) electrons. The van der Waals surface area contributed by atoms with Crippen molar-refractivity contribution in [2.45, 2.75) is 37.6 Å². The minimum atomic E-state index is -4.52. The van der Waals surface area contributed by atoms with Crippen molar-refractivity contribution in [1.29, 1.82) is 0 Å². The van der Waals surface area contributed by atoms with E-state index in [4.69, 9.17) is 4.74 Å². The molecule has 0 unspecified atom stereocenters. The molecule has 32 heavy (non-hydrogen) atoms. The quantitative estimate of drug-likeness (QED) is 0.578. The molecule has 0 spiro atoms. The van der Waals surface area contributed by atoms with Crippen LogP contribution in [-0.4, -0.2) is 29.0 Å². The van der Waals surface area contributed by atoms with Gasteiger partial charge in [0, 0.05) is 6.42 Å². The van der Waals surface area contributed by atoms with Gasteiger partial charge in [-0.15, -0.1) is 0 Å². The summed E-state index contributed by atoms with van der Waals surface area (Å²) >= 11 is 0. The summed E-state index contributed by atoms with van der Waals surface area (Å²) in [6.45, 7) is 1.81. The molecule has 9 heteroatoms. The van der Waals surface area contributed by atoms with Crippen molar-refractivity contribution in [2.75, 3.05) is 12.4 Å². The molecule has 168 valence electrons. The van der Waals surface area contributed by atoms with Crippen LogP contribution in [-0.2, 0) is 0 Å². The van der Waals surface area contributed by atoms with Gasteiger partial charge in [-0.3, -0.25) is 4.79 Å². The van der Waals surface area contributed by atoms with Gasteiger partial charge in [0.25, 0.3) is 5.91 Å². The molecule has 2 heterocycles. The van der Waals surface area contributed by atoms with Gasteiger partial charge in [0.15, 0.2) is 6.04 Å². The molecule has 2 N–H and O–H groups in total. The number of nitrogens with one attached hydrogen (secondary N) is 2. The standard InChI is InChI=1S/C23H23F3N4O2/c1-14(15-7-4-3-5-8-15)28-22(31)18-13-27-30-20(23(24,25)26)12-19(29-21(18)30)16-9-6-10-17(11-16)32-2/h3-11,13-14,19-20,29H,12H2,1-2H3,(H,28,31)/t14-,19-,20-/m1/s1. The summed E-state index contributed by atoms with van der Waals surface area (Å²) in [5.74, 6) is 0.0908. The zero-order valence-corrected chi connectivity index (χ0v) is 17.6. The van der Waals surface area contributed by atoms with E-state index in [-0.39, 0.29) is 23.8 Å². The molecule has 0 saturated carbocycles. The Hall–Kier alpha value is -3.49. The maximum atomic E-state index is 13.9. The highest BCUT2D eigenvalue weighted by Gasteiger charge is 2.47. The van der Waals surface area contributed by atoms with Gasteiger partial charge in [0.05, 0.1) is 25.4 Å². The Morgan fingerprint density at radius 2 is 1.97 bits per heavy atom. The number of nitrogens with zero attached hydrogens (tertiary/aromatic N) is 2. The van der Waals surface area contributed by atoms with Crippen LogP contribution >= 0.6 is 0 Å². The first-order valence-corrected chi connectivity index (χ1v) is 10.2. The minimum absolute atomic E-state index is 0.0455. The third kappa shape index (κ3) is 4.28. The summed E-state index contributed by atoms with van der Waals surface area (Å²) in [7, 11) is 1.50. The lowest BCUT2D eigenvalue weighted by atomic mass is 9.96. The summed E-state index contributed by atoms with van der Waals surface area (Å²) < 4.78 is 47.7. The number of hydrogen-bond acceptors (Lipinski definition) is 4. The lowest BCUT2D eigenvalue weighted by Gasteiger charge is -2.34. The van der Waals surface area contributed by atoms with Crippen LogP contribution in [0.4, 0.5) is 19.0 Å². The number of fused-ring (bicyclic) bond motifs is 1. The third-order valence-corrected chi connectivity index (χ3v) is 5.63. The van der Waals surface area contributed by atoms with E-state index in [0.717, 1.165) is 10.2 Å². The van der Waals surface area contributed by atoms with Gasteiger partial charge in [-0.2, -0.15) is 18.3 Å². The summed E-state index contributed by atoms with van der Waals surface area (Å²) in [5.41, 5.74) is 1.59. The SMILES string of the molecule is COc1cccc([C@H]2C[C@H](C(F)(F)F)n3ncc(C(=O)N[C@H](C)c4ccccc4)c3N2)c1. The zero-order chi connectivity index (χ0) is 22.9. The fraction of sp³-hybridized carbons (Fsp3) is 0.304.